The summed E-state index contributed by atoms with van der Waals surface area (Å²) < 4.78 is 16.0. The van der Waals surface area contributed by atoms with Crippen molar-refractivity contribution in [3.05, 3.63) is 65.9 Å². The lowest BCUT2D eigenvalue weighted by molar-refractivity contribution is -0.113. The summed E-state index contributed by atoms with van der Waals surface area (Å²) in [6.45, 7) is 0. The number of hydrogen-bond acceptors (Lipinski definition) is 5. The van der Waals surface area contributed by atoms with Gasteiger partial charge in [-0.25, -0.2) is 0 Å². The summed E-state index contributed by atoms with van der Waals surface area (Å²) in [6, 6.07) is 14.1. The number of methoxy groups -OCH3 is 3. The molecule has 1 amide bonds. The van der Waals surface area contributed by atoms with E-state index in [-0.39, 0.29) is 5.91 Å². The van der Waals surface area contributed by atoms with Gasteiger partial charge in [0.1, 0.15) is 5.75 Å². The van der Waals surface area contributed by atoms with E-state index in [0.29, 0.717) is 23.6 Å². The van der Waals surface area contributed by atoms with Gasteiger partial charge in [0.15, 0.2) is 11.5 Å². The number of anilines is 1. The van der Waals surface area contributed by atoms with Crippen molar-refractivity contribution in [2.75, 3.05) is 33.3 Å². The van der Waals surface area contributed by atoms with Gasteiger partial charge in [0.05, 0.1) is 21.3 Å². The van der Waals surface area contributed by atoms with E-state index in [1.54, 1.807) is 27.4 Å². The Morgan fingerprint density at radius 3 is 2.41 bits per heavy atom. The quantitative estimate of drug-likeness (QED) is 0.600. The lowest BCUT2D eigenvalue weighted by atomic mass is 10.0. The third-order valence-corrected chi connectivity index (χ3v) is 6.39. The van der Waals surface area contributed by atoms with Gasteiger partial charge >= 0.3 is 0 Å². The maximum Gasteiger partial charge on any atom is 0.255 e. The Labute approximate surface area is 189 Å². The number of rotatable bonds is 7. The number of benzene rings is 2. The number of carbonyl (C=O) groups is 1. The van der Waals surface area contributed by atoms with Crippen LogP contribution in [0, 0.1) is 0 Å². The van der Waals surface area contributed by atoms with Crippen molar-refractivity contribution in [2.24, 2.45) is 0 Å². The molecular weight excluding hydrogens is 404 g/mol. The van der Waals surface area contributed by atoms with Gasteiger partial charge < -0.3 is 14.2 Å². The average Bonchev–Trinajstić information content (AvgIpc) is 3.02. The van der Waals surface area contributed by atoms with Gasteiger partial charge in [-0.15, -0.1) is 0 Å². The van der Waals surface area contributed by atoms with Crippen LogP contribution < -0.4 is 19.1 Å². The molecule has 2 aliphatic heterocycles. The van der Waals surface area contributed by atoms with Crippen LogP contribution in [-0.2, 0) is 4.79 Å². The van der Waals surface area contributed by atoms with Crippen LogP contribution in [0.1, 0.15) is 24.8 Å². The van der Waals surface area contributed by atoms with Gasteiger partial charge in [-0.2, -0.15) is 0 Å². The molecular formula is C26H30N2O4. The molecule has 2 bridgehead atoms. The lowest BCUT2D eigenvalue weighted by Crippen LogP contribution is -2.40. The molecule has 2 aliphatic rings. The van der Waals surface area contributed by atoms with E-state index in [0.717, 1.165) is 42.0 Å². The fourth-order valence-corrected chi connectivity index (χ4v) is 4.55. The number of carbonyl (C=O) groups excluding carboxylic acids is 1. The van der Waals surface area contributed by atoms with E-state index < -0.39 is 0 Å². The van der Waals surface area contributed by atoms with Crippen LogP contribution in [0.3, 0.4) is 0 Å². The number of likely N-dealkylation sites (N-methyl/N-ethyl adjacent to an activating group) is 1. The number of hydrogen-bond donors (Lipinski definition) is 0. The van der Waals surface area contributed by atoms with Gasteiger partial charge in [-0.05, 0) is 74.0 Å². The highest BCUT2D eigenvalue weighted by Gasteiger charge is 2.36. The molecule has 0 N–H and O–H groups in total. The monoisotopic (exact) mass is 434 g/mol. The third-order valence-electron chi connectivity index (χ3n) is 6.39. The first-order valence-electron chi connectivity index (χ1n) is 10.8. The van der Waals surface area contributed by atoms with E-state index in [2.05, 4.69) is 18.0 Å². The Bertz CT molecular complexity index is 1030. The Hall–Kier alpha value is -3.25. The zero-order valence-corrected chi connectivity index (χ0v) is 19.1. The van der Waals surface area contributed by atoms with Gasteiger partial charge in [-0.1, -0.05) is 6.07 Å². The third kappa shape index (κ3) is 4.36. The molecule has 32 heavy (non-hydrogen) atoms. The van der Waals surface area contributed by atoms with Crippen molar-refractivity contribution in [3.63, 3.8) is 0 Å². The molecule has 6 heteroatoms. The van der Waals surface area contributed by atoms with Crippen LogP contribution >= 0.6 is 0 Å². The summed E-state index contributed by atoms with van der Waals surface area (Å²) in [5.74, 6) is 1.96. The summed E-state index contributed by atoms with van der Waals surface area (Å²) in [5, 5.41) is 0. The zero-order valence-electron chi connectivity index (χ0n) is 19.1. The van der Waals surface area contributed by atoms with Crippen molar-refractivity contribution in [3.8, 4) is 17.2 Å². The molecule has 0 spiro atoms. The summed E-state index contributed by atoms with van der Waals surface area (Å²) in [7, 11) is 7.02. The number of nitrogens with zero attached hydrogens (tertiary/aromatic N) is 2. The van der Waals surface area contributed by atoms with Gasteiger partial charge in [0.2, 0.25) is 0 Å². The summed E-state index contributed by atoms with van der Waals surface area (Å²) in [5.41, 5.74) is 2.76. The Kier molecular flexibility index (Phi) is 6.51. The molecule has 0 saturated carbocycles. The van der Waals surface area contributed by atoms with E-state index in [1.807, 2.05) is 53.4 Å². The SMILES string of the molecule is COc1ccc(N(C(=O)/C=C/c2ccc(OC)c(OC)c2)C2=C[C@H]3CC[C@@H](C2)N3C)cc1. The van der Waals surface area contributed by atoms with Crippen molar-refractivity contribution in [2.45, 2.75) is 31.3 Å². The largest absolute Gasteiger partial charge is 0.497 e. The second-order valence-corrected chi connectivity index (χ2v) is 8.15. The van der Waals surface area contributed by atoms with Gasteiger partial charge in [-0.3, -0.25) is 14.6 Å². The fourth-order valence-electron chi connectivity index (χ4n) is 4.55. The number of ether oxygens (including phenoxy) is 3. The minimum absolute atomic E-state index is 0.0832. The molecule has 0 unspecified atom stereocenters. The van der Waals surface area contributed by atoms with Gasteiger partial charge in [0, 0.05) is 36.0 Å². The van der Waals surface area contributed by atoms with Crippen molar-refractivity contribution >= 4 is 17.7 Å². The lowest BCUT2D eigenvalue weighted by Gasteiger charge is -2.35. The molecule has 4 rings (SSSR count). The van der Waals surface area contributed by atoms with Crippen LogP contribution in [0.15, 0.2) is 60.3 Å². The Morgan fingerprint density at radius 2 is 1.75 bits per heavy atom. The highest BCUT2D eigenvalue weighted by atomic mass is 16.5. The van der Waals surface area contributed by atoms with Crippen LogP contribution in [0.25, 0.3) is 6.08 Å². The van der Waals surface area contributed by atoms with Crippen LogP contribution in [-0.4, -0.2) is 51.3 Å². The van der Waals surface area contributed by atoms with Crippen molar-refractivity contribution < 1.29 is 19.0 Å². The zero-order chi connectivity index (χ0) is 22.7. The molecule has 2 heterocycles. The van der Waals surface area contributed by atoms with Crippen LogP contribution in [0.5, 0.6) is 17.2 Å². The van der Waals surface area contributed by atoms with E-state index in [4.69, 9.17) is 14.2 Å². The molecule has 1 saturated heterocycles. The summed E-state index contributed by atoms with van der Waals surface area (Å²) in [4.78, 5) is 17.7. The number of amides is 1. The highest BCUT2D eigenvalue weighted by Crippen LogP contribution is 2.37. The number of fused-ring (bicyclic) bond motifs is 2. The normalized spacial score (nSPS) is 20.2. The predicted molar refractivity (Wildman–Crippen MR) is 126 cm³/mol. The highest BCUT2D eigenvalue weighted by molar-refractivity contribution is 6.06. The minimum Gasteiger partial charge on any atom is -0.497 e. The molecule has 168 valence electrons. The second kappa shape index (κ2) is 9.49. The maximum absolute atomic E-state index is 13.5. The molecule has 6 nitrogen and oxygen atoms in total. The first-order valence-corrected chi connectivity index (χ1v) is 10.8. The molecule has 0 aliphatic carbocycles. The first kappa shape index (κ1) is 22.0. The average molecular weight is 435 g/mol. The smallest absolute Gasteiger partial charge is 0.255 e. The molecule has 1 fully saturated rings. The molecule has 0 radical (unpaired) electrons. The Morgan fingerprint density at radius 1 is 1.00 bits per heavy atom. The maximum atomic E-state index is 13.5. The molecule has 2 aromatic rings. The fraction of sp³-hybridized carbons (Fsp3) is 0.346. The predicted octanol–water partition coefficient (Wildman–Crippen LogP) is 4.51. The van der Waals surface area contributed by atoms with Gasteiger partial charge in [0.25, 0.3) is 5.91 Å². The standard InChI is InChI=1S/C26H30N2O4/c1-27-20-7-8-21(27)17-22(16-20)28(19-9-11-23(30-2)12-10-19)26(29)14-6-18-5-13-24(31-3)25(15-18)32-4/h5-6,9-16,20-21H,7-8,17H2,1-4H3/b14-6+/t20-,21+/m1/s1. The minimum atomic E-state index is -0.0832. The topological polar surface area (TPSA) is 51.2 Å². The van der Waals surface area contributed by atoms with E-state index in [1.165, 1.54) is 0 Å². The van der Waals surface area contributed by atoms with Crippen LogP contribution in [0.4, 0.5) is 5.69 Å². The van der Waals surface area contributed by atoms with Crippen LogP contribution in [0.2, 0.25) is 0 Å². The summed E-state index contributed by atoms with van der Waals surface area (Å²) >= 11 is 0. The Balaban J connectivity index is 1.64. The first-order chi connectivity index (χ1) is 15.5. The van der Waals surface area contributed by atoms with E-state index >= 15 is 0 Å². The van der Waals surface area contributed by atoms with Crippen molar-refractivity contribution in [1.82, 2.24) is 4.90 Å². The summed E-state index contributed by atoms with van der Waals surface area (Å²) in [6.07, 6.45) is 8.83. The van der Waals surface area contributed by atoms with E-state index in [9.17, 15) is 4.79 Å². The van der Waals surface area contributed by atoms with Crippen molar-refractivity contribution in [1.29, 1.82) is 0 Å². The molecule has 2 aromatic carbocycles. The molecule has 0 aromatic heterocycles. The second-order valence-electron chi connectivity index (χ2n) is 8.15. The molecule has 2 atom stereocenters.